The van der Waals surface area contributed by atoms with E-state index in [1.165, 1.54) is 11.5 Å². The van der Waals surface area contributed by atoms with E-state index < -0.39 is 0 Å². The third-order valence-electron chi connectivity index (χ3n) is 2.84. The number of nitrogens with one attached hydrogen (secondary N) is 1. The summed E-state index contributed by atoms with van der Waals surface area (Å²) in [7, 11) is 0. The van der Waals surface area contributed by atoms with Crippen LogP contribution < -0.4 is 5.32 Å². The van der Waals surface area contributed by atoms with Gasteiger partial charge in [-0.3, -0.25) is 0 Å². The Balaban J connectivity index is 1.78. The van der Waals surface area contributed by atoms with Crippen LogP contribution in [0.5, 0.6) is 0 Å². The molecule has 0 amide bonds. The Labute approximate surface area is 115 Å². The Morgan fingerprint density at radius 3 is 2.79 bits per heavy atom. The van der Waals surface area contributed by atoms with Gasteiger partial charge in [0.2, 0.25) is 0 Å². The highest BCUT2D eigenvalue weighted by molar-refractivity contribution is 7.09. The predicted octanol–water partition coefficient (Wildman–Crippen LogP) is 2.90. The molecule has 1 N–H and O–H groups in total. The first-order chi connectivity index (χ1) is 9.33. The van der Waals surface area contributed by atoms with Crippen LogP contribution in [0.3, 0.4) is 0 Å². The van der Waals surface area contributed by atoms with Gasteiger partial charge in [0, 0.05) is 23.3 Å². The molecule has 3 rings (SSSR count). The summed E-state index contributed by atoms with van der Waals surface area (Å²) < 4.78 is 5.70. The van der Waals surface area contributed by atoms with E-state index in [9.17, 15) is 0 Å². The highest BCUT2D eigenvalue weighted by atomic mass is 32.1. The fourth-order valence-electron chi connectivity index (χ4n) is 1.81. The van der Waals surface area contributed by atoms with Crippen LogP contribution in [0.25, 0.3) is 5.69 Å². The second kappa shape index (κ2) is 5.19. The monoisotopic (exact) mass is 271 g/mol. The van der Waals surface area contributed by atoms with E-state index in [1.807, 2.05) is 47.4 Å². The van der Waals surface area contributed by atoms with E-state index in [0.717, 1.165) is 16.3 Å². The number of hydrogen-bond acceptors (Lipinski definition) is 5. The molecule has 5 nitrogen and oxygen atoms in total. The Bertz CT molecular complexity index is 632. The summed E-state index contributed by atoms with van der Waals surface area (Å²) in [4.78, 5) is 0. The number of para-hydroxylation sites is 1. The minimum absolute atomic E-state index is 0.166. The summed E-state index contributed by atoms with van der Waals surface area (Å²) in [5.74, 6) is 0. The standard InChI is InChI=1S/C13H13N5S/c1-10(16-13-8-14-17-19-13)11-7-15-18(9-11)12-5-3-2-4-6-12/h2-10,16H,1H3. The molecule has 0 aliphatic heterocycles. The molecule has 2 aromatic heterocycles. The molecule has 19 heavy (non-hydrogen) atoms. The number of rotatable bonds is 4. The molecule has 1 atom stereocenters. The van der Waals surface area contributed by atoms with Crippen molar-refractivity contribution in [1.29, 1.82) is 0 Å². The van der Waals surface area contributed by atoms with Gasteiger partial charge in [-0.05, 0) is 19.1 Å². The van der Waals surface area contributed by atoms with E-state index in [0.29, 0.717) is 0 Å². The minimum atomic E-state index is 0.166. The summed E-state index contributed by atoms with van der Waals surface area (Å²) in [6.07, 6.45) is 5.63. The van der Waals surface area contributed by atoms with Gasteiger partial charge in [-0.15, -0.1) is 5.10 Å². The van der Waals surface area contributed by atoms with E-state index in [-0.39, 0.29) is 6.04 Å². The van der Waals surface area contributed by atoms with Crippen LogP contribution in [0.2, 0.25) is 0 Å². The molecule has 0 saturated heterocycles. The predicted molar refractivity (Wildman–Crippen MR) is 75.5 cm³/mol. The van der Waals surface area contributed by atoms with Crippen molar-refractivity contribution in [2.75, 3.05) is 5.32 Å². The van der Waals surface area contributed by atoms with Gasteiger partial charge in [0.1, 0.15) is 5.00 Å². The molecule has 2 heterocycles. The molecule has 3 aromatic rings. The average molecular weight is 271 g/mol. The van der Waals surface area contributed by atoms with Gasteiger partial charge < -0.3 is 5.32 Å². The molecule has 0 bridgehead atoms. The van der Waals surface area contributed by atoms with Gasteiger partial charge in [0.25, 0.3) is 0 Å². The Hall–Kier alpha value is -2.21. The Kier molecular flexibility index (Phi) is 3.24. The van der Waals surface area contributed by atoms with E-state index >= 15 is 0 Å². The Morgan fingerprint density at radius 1 is 1.21 bits per heavy atom. The van der Waals surface area contributed by atoms with Crippen LogP contribution in [0, 0.1) is 0 Å². The maximum Gasteiger partial charge on any atom is 0.130 e. The molecule has 6 heteroatoms. The molecule has 96 valence electrons. The van der Waals surface area contributed by atoms with Crippen molar-refractivity contribution in [3.63, 3.8) is 0 Å². The zero-order valence-electron chi connectivity index (χ0n) is 10.4. The van der Waals surface area contributed by atoms with Crippen LogP contribution >= 0.6 is 11.5 Å². The van der Waals surface area contributed by atoms with Crippen LogP contribution in [0.4, 0.5) is 5.00 Å². The largest absolute Gasteiger partial charge is 0.368 e. The smallest absolute Gasteiger partial charge is 0.130 e. The lowest BCUT2D eigenvalue weighted by atomic mass is 10.2. The second-order valence-corrected chi connectivity index (χ2v) is 4.99. The van der Waals surface area contributed by atoms with Crippen molar-refractivity contribution in [3.8, 4) is 5.69 Å². The Morgan fingerprint density at radius 2 is 2.05 bits per heavy atom. The van der Waals surface area contributed by atoms with Crippen molar-refractivity contribution in [2.45, 2.75) is 13.0 Å². The number of anilines is 1. The number of aromatic nitrogens is 4. The summed E-state index contributed by atoms with van der Waals surface area (Å²) in [5.41, 5.74) is 2.18. The van der Waals surface area contributed by atoms with Crippen LogP contribution in [-0.2, 0) is 0 Å². The molecular weight excluding hydrogens is 258 g/mol. The topological polar surface area (TPSA) is 55.6 Å². The van der Waals surface area contributed by atoms with Crippen molar-refractivity contribution in [2.24, 2.45) is 0 Å². The maximum absolute atomic E-state index is 4.39. The zero-order chi connectivity index (χ0) is 13.1. The minimum Gasteiger partial charge on any atom is -0.368 e. The lowest BCUT2D eigenvalue weighted by Gasteiger charge is -2.10. The number of nitrogens with zero attached hydrogens (tertiary/aromatic N) is 4. The third-order valence-corrected chi connectivity index (χ3v) is 3.44. The summed E-state index contributed by atoms with van der Waals surface area (Å²) in [6.45, 7) is 2.09. The summed E-state index contributed by atoms with van der Waals surface area (Å²) in [5, 5.41) is 12.5. The molecule has 0 fully saturated rings. The van der Waals surface area contributed by atoms with E-state index in [4.69, 9.17) is 0 Å². The average Bonchev–Trinajstić information content (AvgIpc) is 3.10. The van der Waals surface area contributed by atoms with E-state index in [1.54, 1.807) is 6.20 Å². The van der Waals surface area contributed by atoms with Gasteiger partial charge in [-0.1, -0.05) is 22.7 Å². The number of benzene rings is 1. The van der Waals surface area contributed by atoms with Gasteiger partial charge in [-0.2, -0.15) is 5.10 Å². The highest BCUT2D eigenvalue weighted by Gasteiger charge is 2.09. The first-order valence-electron chi connectivity index (χ1n) is 5.97. The first kappa shape index (κ1) is 11.9. The van der Waals surface area contributed by atoms with Crippen LogP contribution in [0.1, 0.15) is 18.5 Å². The lowest BCUT2D eigenvalue weighted by Crippen LogP contribution is -2.04. The molecule has 1 aromatic carbocycles. The van der Waals surface area contributed by atoms with Crippen molar-refractivity contribution >= 4 is 16.5 Å². The van der Waals surface area contributed by atoms with Gasteiger partial charge in [-0.25, -0.2) is 4.68 Å². The molecule has 0 aliphatic carbocycles. The first-order valence-corrected chi connectivity index (χ1v) is 6.74. The molecule has 1 unspecified atom stereocenters. The van der Waals surface area contributed by atoms with Gasteiger partial charge in [0.15, 0.2) is 0 Å². The fourth-order valence-corrected chi connectivity index (χ4v) is 2.32. The SMILES string of the molecule is CC(Nc1cnns1)c1cnn(-c2ccccc2)c1. The molecule has 0 radical (unpaired) electrons. The zero-order valence-corrected chi connectivity index (χ0v) is 11.2. The highest BCUT2D eigenvalue weighted by Crippen LogP contribution is 2.21. The summed E-state index contributed by atoms with van der Waals surface area (Å²) >= 11 is 1.35. The van der Waals surface area contributed by atoms with Crippen molar-refractivity contribution in [3.05, 3.63) is 54.5 Å². The van der Waals surface area contributed by atoms with Crippen molar-refractivity contribution < 1.29 is 0 Å². The van der Waals surface area contributed by atoms with Crippen molar-refractivity contribution in [1.82, 2.24) is 19.4 Å². The second-order valence-electron chi connectivity index (χ2n) is 4.20. The summed E-state index contributed by atoms with van der Waals surface area (Å²) in [6, 6.07) is 10.2. The fraction of sp³-hybridized carbons (Fsp3) is 0.154. The van der Waals surface area contributed by atoms with Crippen LogP contribution in [0.15, 0.2) is 48.9 Å². The number of hydrogen-bond donors (Lipinski definition) is 1. The van der Waals surface area contributed by atoms with Gasteiger partial charge in [0.05, 0.1) is 24.1 Å². The third kappa shape index (κ3) is 2.63. The van der Waals surface area contributed by atoms with Gasteiger partial charge >= 0.3 is 0 Å². The molecular formula is C13H13N5S. The quantitative estimate of drug-likeness (QED) is 0.792. The lowest BCUT2D eigenvalue weighted by molar-refractivity contribution is 0.870. The molecule has 0 aliphatic rings. The maximum atomic E-state index is 4.39. The van der Waals surface area contributed by atoms with Crippen LogP contribution in [-0.4, -0.2) is 19.4 Å². The normalized spacial score (nSPS) is 12.3. The molecule has 0 spiro atoms. The molecule has 0 saturated carbocycles. The van der Waals surface area contributed by atoms with E-state index in [2.05, 4.69) is 26.9 Å².